The molecule has 0 radical (unpaired) electrons. The zero-order chi connectivity index (χ0) is 26.5. The molecule has 1 saturated carbocycles. The Bertz CT molecular complexity index is 1140. The Morgan fingerprint density at radius 3 is 2.11 bits per heavy atom. The third kappa shape index (κ3) is 7.32. The number of carbonyl (C=O) groups excluding carboxylic acids is 2. The van der Waals surface area contributed by atoms with Crippen molar-refractivity contribution in [2.24, 2.45) is 0 Å². The van der Waals surface area contributed by atoms with Gasteiger partial charge in [0.2, 0.25) is 21.8 Å². The maximum Gasteiger partial charge on any atom is 0.244 e. The number of hydrogen-bond acceptors (Lipinski definition) is 4. The summed E-state index contributed by atoms with van der Waals surface area (Å²) in [4.78, 5) is 28.2. The standard InChI is InChI=1S/C28H39N3O4S/c1-21(27(33)29-24-13-9-10-14-24)30(19-22-11-7-6-8-12-22)26(32)20-31(36(5,34)35)25-17-15-23(16-18-25)28(2,3)4/h6-8,11-12,15-18,21,24H,9-10,13-14,19-20H2,1-5H3,(H,29,33). The van der Waals surface area contributed by atoms with Crippen LogP contribution in [0.3, 0.4) is 0 Å². The summed E-state index contributed by atoms with van der Waals surface area (Å²) < 4.78 is 26.6. The molecular weight excluding hydrogens is 474 g/mol. The van der Waals surface area contributed by atoms with Crippen LogP contribution in [0, 0.1) is 0 Å². The van der Waals surface area contributed by atoms with Gasteiger partial charge in [-0.3, -0.25) is 13.9 Å². The van der Waals surface area contributed by atoms with E-state index in [-0.39, 0.29) is 30.5 Å². The van der Waals surface area contributed by atoms with Crippen molar-refractivity contribution in [3.05, 3.63) is 65.7 Å². The average Bonchev–Trinajstić information content (AvgIpc) is 3.33. The van der Waals surface area contributed by atoms with Gasteiger partial charge in [-0.1, -0.05) is 76.1 Å². The molecule has 36 heavy (non-hydrogen) atoms. The molecular formula is C28H39N3O4S. The summed E-state index contributed by atoms with van der Waals surface area (Å²) in [5.74, 6) is -0.648. The van der Waals surface area contributed by atoms with E-state index in [2.05, 4.69) is 26.1 Å². The molecule has 0 saturated heterocycles. The molecule has 8 heteroatoms. The molecule has 1 aliphatic carbocycles. The topological polar surface area (TPSA) is 86.8 Å². The highest BCUT2D eigenvalue weighted by molar-refractivity contribution is 7.92. The predicted molar refractivity (Wildman–Crippen MR) is 144 cm³/mol. The van der Waals surface area contributed by atoms with Gasteiger partial charge in [-0.15, -0.1) is 0 Å². The first-order valence-electron chi connectivity index (χ1n) is 12.6. The van der Waals surface area contributed by atoms with Crippen molar-refractivity contribution in [1.82, 2.24) is 10.2 Å². The first kappa shape index (κ1) is 27.7. The lowest BCUT2D eigenvalue weighted by Gasteiger charge is -2.32. The molecule has 1 unspecified atom stereocenters. The van der Waals surface area contributed by atoms with Crippen LogP contribution in [0.2, 0.25) is 0 Å². The predicted octanol–water partition coefficient (Wildman–Crippen LogP) is 4.23. The Labute approximate surface area is 215 Å². The highest BCUT2D eigenvalue weighted by Gasteiger charge is 2.31. The van der Waals surface area contributed by atoms with Gasteiger partial charge in [0.1, 0.15) is 12.6 Å². The van der Waals surface area contributed by atoms with Crippen LogP contribution in [-0.4, -0.2) is 50.0 Å². The molecule has 1 atom stereocenters. The molecule has 1 N–H and O–H groups in total. The Morgan fingerprint density at radius 2 is 1.58 bits per heavy atom. The van der Waals surface area contributed by atoms with Gasteiger partial charge in [-0.05, 0) is 48.4 Å². The number of anilines is 1. The van der Waals surface area contributed by atoms with E-state index in [9.17, 15) is 18.0 Å². The first-order valence-corrected chi connectivity index (χ1v) is 14.4. The Kier molecular flexibility index (Phi) is 8.82. The number of nitrogens with zero attached hydrogens (tertiary/aromatic N) is 2. The second-order valence-corrected chi connectivity index (χ2v) is 12.6. The monoisotopic (exact) mass is 513 g/mol. The molecule has 2 amide bonds. The van der Waals surface area contributed by atoms with Crippen LogP contribution in [-0.2, 0) is 31.6 Å². The summed E-state index contributed by atoms with van der Waals surface area (Å²) in [7, 11) is -3.75. The second kappa shape index (κ2) is 11.5. The molecule has 0 aliphatic heterocycles. The third-order valence-electron chi connectivity index (χ3n) is 6.77. The summed E-state index contributed by atoms with van der Waals surface area (Å²) in [5, 5.41) is 3.07. The minimum Gasteiger partial charge on any atom is -0.352 e. The number of carbonyl (C=O) groups is 2. The number of amides is 2. The fourth-order valence-corrected chi connectivity index (χ4v) is 5.35. The van der Waals surface area contributed by atoms with Crippen LogP contribution in [0.15, 0.2) is 54.6 Å². The van der Waals surface area contributed by atoms with Crippen molar-refractivity contribution >= 4 is 27.5 Å². The molecule has 0 bridgehead atoms. The van der Waals surface area contributed by atoms with Gasteiger partial charge in [0.05, 0.1) is 11.9 Å². The SMILES string of the molecule is CC(C(=O)NC1CCCC1)N(Cc1ccccc1)C(=O)CN(c1ccc(C(C)(C)C)cc1)S(C)(=O)=O. The minimum atomic E-state index is -3.75. The van der Waals surface area contributed by atoms with Gasteiger partial charge < -0.3 is 10.2 Å². The fraction of sp³-hybridized carbons (Fsp3) is 0.500. The maximum absolute atomic E-state index is 13.6. The van der Waals surface area contributed by atoms with E-state index >= 15 is 0 Å². The van der Waals surface area contributed by atoms with Gasteiger partial charge in [0.25, 0.3) is 0 Å². The van der Waals surface area contributed by atoms with E-state index in [0.29, 0.717) is 5.69 Å². The van der Waals surface area contributed by atoms with Crippen molar-refractivity contribution in [3.8, 4) is 0 Å². The van der Waals surface area contributed by atoms with Crippen LogP contribution in [0.5, 0.6) is 0 Å². The van der Waals surface area contributed by atoms with E-state index in [1.54, 1.807) is 19.1 Å². The molecule has 0 aromatic heterocycles. The molecule has 196 valence electrons. The van der Waals surface area contributed by atoms with E-state index in [1.165, 1.54) is 4.90 Å². The molecule has 1 aliphatic rings. The van der Waals surface area contributed by atoms with Crippen molar-refractivity contribution < 1.29 is 18.0 Å². The summed E-state index contributed by atoms with van der Waals surface area (Å²) in [5.41, 5.74) is 2.26. The van der Waals surface area contributed by atoms with Crippen LogP contribution >= 0.6 is 0 Å². The molecule has 2 aromatic rings. The Hall–Kier alpha value is -2.87. The lowest BCUT2D eigenvalue weighted by Crippen LogP contribution is -2.52. The van der Waals surface area contributed by atoms with Crippen molar-refractivity contribution in [3.63, 3.8) is 0 Å². The van der Waals surface area contributed by atoms with E-state index in [1.807, 2.05) is 42.5 Å². The molecule has 0 spiro atoms. The third-order valence-corrected chi connectivity index (χ3v) is 7.91. The van der Waals surface area contributed by atoms with Gasteiger partial charge in [0, 0.05) is 12.6 Å². The summed E-state index contributed by atoms with van der Waals surface area (Å²) in [6, 6.07) is 16.0. The van der Waals surface area contributed by atoms with Crippen molar-refractivity contribution in [2.45, 2.75) is 77.4 Å². The van der Waals surface area contributed by atoms with Gasteiger partial charge in [-0.2, -0.15) is 0 Å². The Balaban J connectivity index is 1.86. The summed E-state index contributed by atoms with van der Waals surface area (Å²) >= 11 is 0. The molecule has 0 heterocycles. The van der Waals surface area contributed by atoms with Crippen LogP contribution in [0.25, 0.3) is 0 Å². The highest BCUT2D eigenvalue weighted by atomic mass is 32.2. The molecule has 7 nitrogen and oxygen atoms in total. The van der Waals surface area contributed by atoms with Gasteiger partial charge >= 0.3 is 0 Å². The smallest absolute Gasteiger partial charge is 0.244 e. The number of nitrogens with one attached hydrogen (secondary N) is 1. The van der Waals surface area contributed by atoms with Gasteiger partial charge in [-0.25, -0.2) is 8.42 Å². The van der Waals surface area contributed by atoms with Gasteiger partial charge in [0.15, 0.2) is 0 Å². The lowest BCUT2D eigenvalue weighted by atomic mass is 9.87. The van der Waals surface area contributed by atoms with Crippen LogP contribution < -0.4 is 9.62 Å². The van der Waals surface area contributed by atoms with E-state index < -0.39 is 22.0 Å². The quantitative estimate of drug-likeness (QED) is 0.544. The maximum atomic E-state index is 13.6. The number of benzene rings is 2. The second-order valence-electron chi connectivity index (χ2n) is 10.7. The van der Waals surface area contributed by atoms with Crippen molar-refractivity contribution in [2.75, 3.05) is 17.1 Å². The summed E-state index contributed by atoms with van der Waals surface area (Å²) in [6.07, 6.45) is 5.15. The number of sulfonamides is 1. The zero-order valence-corrected chi connectivity index (χ0v) is 22.8. The fourth-order valence-electron chi connectivity index (χ4n) is 4.50. The average molecular weight is 514 g/mol. The minimum absolute atomic E-state index is 0.0845. The normalized spacial score (nSPS) is 15.4. The number of rotatable bonds is 9. The molecule has 1 fully saturated rings. The van der Waals surface area contributed by atoms with E-state index in [4.69, 9.17) is 0 Å². The first-order chi connectivity index (χ1) is 16.9. The van der Waals surface area contributed by atoms with Crippen LogP contribution in [0.1, 0.15) is 64.5 Å². The molecule has 3 rings (SSSR count). The van der Waals surface area contributed by atoms with E-state index in [0.717, 1.165) is 47.4 Å². The van der Waals surface area contributed by atoms with Crippen LogP contribution in [0.4, 0.5) is 5.69 Å². The van der Waals surface area contributed by atoms with Crippen molar-refractivity contribution in [1.29, 1.82) is 0 Å². The largest absolute Gasteiger partial charge is 0.352 e. The molecule has 2 aromatic carbocycles. The summed E-state index contributed by atoms with van der Waals surface area (Å²) in [6.45, 7) is 7.77. The Morgan fingerprint density at radius 1 is 1.00 bits per heavy atom. The highest BCUT2D eigenvalue weighted by Crippen LogP contribution is 2.26. The zero-order valence-electron chi connectivity index (χ0n) is 22.0. The number of hydrogen-bond donors (Lipinski definition) is 1. The lowest BCUT2D eigenvalue weighted by molar-refractivity contribution is -0.139.